The third kappa shape index (κ3) is 6.38. The molecule has 1 aliphatic heterocycles. The summed E-state index contributed by atoms with van der Waals surface area (Å²) in [7, 11) is 3.16. The summed E-state index contributed by atoms with van der Waals surface area (Å²) >= 11 is 3.28. The van der Waals surface area contributed by atoms with Gasteiger partial charge in [-0.15, -0.1) is 24.8 Å². The summed E-state index contributed by atoms with van der Waals surface area (Å²) in [6, 6.07) is 3.47. The molecular formula is C15H23BrCl2N4O3. The number of carbonyl (C=O) groups is 2. The lowest BCUT2D eigenvalue weighted by Crippen LogP contribution is -2.55. The van der Waals surface area contributed by atoms with Crippen LogP contribution in [0.25, 0.3) is 0 Å². The number of piperidine rings is 1. The second-order valence-electron chi connectivity index (χ2n) is 5.52. The standard InChI is InChI=1S/C15H21BrN4O3.2ClH/c1-20(14(22)15(23-2)5-7-17-8-6-15)10-13(21)19-12-4-3-11(16)9-18-12;;/h3-4,9,17H,5-8,10H2,1-2H3,(H,18,19,21);2*1H. The molecule has 2 heterocycles. The van der Waals surface area contributed by atoms with Gasteiger partial charge in [0.1, 0.15) is 11.4 Å². The molecule has 0 radical (unpaired) electrons. The van der Waals surface area contributed by atoms with E-state index >= 15 is 0 Å². The second-order valence-corrected chi connectivity index (χ2v) is 6.44. The summed E-state index contributed by atoms with van der Waals surface area (Å²) in [5.41, 5.74) is -0.837. The molecule has 2 N–H and O–H groups in total. The minimum absolute atomic E-state index is 0. The summed E-state index contributed by atoms with van der Waals surface area (Å²) in [6.45, 7) is 1.40. The van der Waals surface area contributed by atoms with Crippen LogP contribution in [-0.2, 0) is 14.3 Å². The monoisotopic (exact) mass is 456 g/mol. The molecule has 0 aliphatic carbocycles. The normalized spacial score (nSPS) is 15.3. The van der Waals surface area contributed by atoms with Gasteiger partial charge in [-0.3, -0.25) is 9.59 Å². The molecule has 1 fully saturated rings. The molecule has 1 aliphatic rings. The first-order chi connectivity index (χ1) is 11.0. The lowest BCUT2D eigenvalue weighted by atomic mass is 9.90. The number of ether oxygens (including phenoxy) is 1. The van der Waals surface area contributed by atoms with Crippen molar-refractivity contribution in [2.45, 2.75) is 18.4 Å². The number of anilines is 1. The molecular weight excluding hydrogens is 435 g/mol. The van der Waals surface area contributed by atoms with E-state index in [1.54, 1.807) is 32.5 Å². The fourth-order valence-corrected chi connectivity index (χ4v) is 2.84. The molecule has 10 heteroatoms. The molecule has 2 rings (SSSR count). The van der Waals surface area contributed by atoms with Gasteiger partial charge in [-0.2, -0.15) is 0 Å². The largest absolute Gasteiger partial charge is 0.368 e. The van der Waals surface area contributed by atoms with Crippen LogP contribution in [0.5, 0.6) is 0 Å². The third-order valence-electron chi connectivity index (χ3n) is 3.91. The van der Waals surface area contributed by atoms with Crippen LogP contribution in [-0.4, -0.2) is 61.1 Å². The molecule has 1 aromatic rings. The van der Waals surface area contributed by atoms with Crippen LogP contribution in [0.1, 0.15) is 12.8 Å². The summed E-state index contributed by atoms with van der Waals surface area (Å²) in [5, 5.41) is 5.87. The first kappa shape index (κ1) is 24.1. The van der Waals surface area contributed by atoms with Crippen LogP contribution in [0, 0.1) is 0 Å². The molecule has 7 nitrogen and oxygen atoms in total. The number of pyridine rings is 1. The maximum absolute atomic E-state index is 12.7. The highest BCUT2D eigenvalue weighted by Crippen LogP contribution is 2.24. The van der Waals surface area contributed by atoms with Crippen molar-refractivity contribution in [1.29, 1.82) is 0 Å². The van der Waals surface area contributed by atoms with Gasteiger partial charge in [-0.05, 0) is 54.0 Å². The van der Waals surface area contributed by atoms with Gasteiger partial charge in [0.05, 0.1) is 6.54 Å². The lowest BCUT2D eigenvalue weighted by molar-refractivity contribution is -0.157. The van der Waals surface area contributed by atoms with Crippen LogP contribution < -0.4 is 10.6 Å². The number of methoxy groups -OCH3 is 1. The quantitative estimate of drug-likeness (QED) is 0.704. The minimum atomic E-state index is -0.837. The summed E-state index contributed by atoms with van der Waals surface area (Å²) < 4.78 is 6.32. The number of nitrogens with one attached hydrogen (secondary N) is 2. The summed E-state index contributed by atoms with van der Waals surface area (Å²) in [6.07, 6.45) is 2.80. The molecule has 142 valence electrons. The SMILES string of the molecule is COC1(C(=O)N(C)CC(=O)Nc2ccc(Br)cn2)CCNCC1.Cl.Cl. The van der Waals surface area contributed by atoms with Crippen LogP contribution in [0.4, 0.5) is 5.82 Å². The zero-order chi connectivity index (χ0) is 16.9. The summed E-state index contributed by atoms with van der Waals surface area (Å²) in [5.74, 6) is -0.0151. The number of likely N-dealkylation sites (N-methyl/N-ethyl adjacent to an activating group) is 1. The highest BCUT2D eigenvalue weighted by molar-refractivity contribution is 9.10. The number of nitrogens with zero attached hydrogens (tertiary/aromatic N) is 2. The van der Waals surface area contributed by atoms with Crippen molar-refractivity contribution in [3.8, 4) is 0 Å². The van der Waals surface area contributed by atoms with E-state index in [0.29, 0.717) is 18.7 Å². The van der Waals surface area contributed by atoms with E-state index in [2.05, 4.69) is 31.5 Å². The molecule has 2 amide bonds. The van der Waals surface area contributed by atoms with Gasteiger partial charge in [-0.1, -0.05) is 0 Å². The van der Waals surface area contributed by atoms with E-state index in [0.717, 1.165) is 17.6 Å². The van der Waals surface area contributed by atoms with Crippen molar-refractivity contribution in [3.05, 3.63) is 22.8 Å². The lowest BCUT2D eigenvalue weighted by Gasteiger charge is -2.37. The first-order valence-electron chi connectivity index (χ1n) is 7.40. The molecule has 0 atom stereocenters. The Morgan fingerprint density at radius 3 is 2.52 bits per heavy atom. The molecule has 0 spiro atoms. The van der Waals surface area contributed by atoms with E-state index in [-0.39, 0.29) is 43.2 Å². The van der Waals surface area contributed by atoms with Crippen molar-refractivity contribution in [1.82, 2.24) is 15.2 Å². The molecule has 1 aromatic heterocycles. The van der Waals surface area contributed by atoms with Crippen LogP contribution in [0.15, 0.2) is 22.8 Å². The van der Waals surface area contributed by atoms with Crippen molar-refractivity contribution < 1.29 is 14.3 Å². The highest BCUT2D eigenvalue weighted by atomic mass is 79.9. The Bertz CT molecular complexity index is 568. The Morgan fingerprint density at radius 2 is 2.00 bits per heavy atom. The van der Waals surface area contributed by atoms with Gasteiger partial charge in [-0.25, -0.2) is 4.98 Å². The maximum atomic E-state index is 12.7. The fraction of sp³-hybridized carbons (Fsp3) is 0.533. The van der Waals surface area contributed by atoms with Crippen LogP contribution >= 0.6 is 40.7 Å². The van der Waals surface area contributed by atoms with Crippen molar-refractivity contribution in [2.75, 3.05) is 39.1 Å². The van der Waals surface area contributed by atoms with E-state index in [4.69, 9.17) is 4.74 Å². The topological polar surface area (TPSA) is 83.6 Å². The number of aromatic nitrogens is 1. The van der Waals surface area contributed by atoms with Crippen molar-refractivity contribution >= 4 is 58.4 Å². The number of hydrogen-bond donors (Lipinski definition) is 2. The average molecular weight is 458 g/mol. The Balaban J connectivity index is 0.00000288. The Hall–Kier alpha value is -0.930. The van der Waals surface area contributed by atoms with E-state index in [1.807, 2.05) is 0 Å². The Kier molecular flexibility index (Phi) is 10.5. The number of hydrogen-bond acceptors (Lipinski definition) is 5. The van der Waals surface area contributed by atoms with Crippen LogP contribution in [0.2, 0.25) is 0 Å². The van der Waals surface area contributed by atoms with Gasteiger partial charge >= 0.3 is 0 Å². The number of amides is 2. The van der Waals surface area contributed by atoms with E-state index in [9.17, 15) is 9.59 Å². The van der Waals surface area contributed by atoms with Gasteiger partial charge in [0.15, 0.2) is 0 Å². The smallest absolute Gasteiger partial charge is 0.255 e. The molecule has 25 heavy (non-hydrogen) atoms. The minimum Gasteiger partial charge on any atom is -0.368 e. The fourth-order valence-electron chi connectivity index (χ4n) is 2.60. The number of rotatable bonds is 5. The van der Waals surface area contributed by atoms with E-state index < -0.39 is 5.60 Å². The van der Waals surface area contributed by atoms with Crippen molar-refractivity contribution in [2.24, 2.45) is 0 Å². The van der Waals surface area contributed by atoms with E-state index in [1.165, 1.54) is 4.90 Å². The summed E-state index contributed by atoms with van der Waals surface area (Å²) in [4.78, 5) is 30.2. The Morgan fingerprint density at radius 1 is 1.36 bits per heavy atom. The Labute approximate surface area is 168 Å². The zero-order valence-electron chi connectivity index (χ0n) is 14.1. The zero-order valence-corrected chi connectivity index (χ0v) is 17.3. The predicted octanol–water partition coefficient (Wildman–Crippen LogP) is 1.85. The number of halogens is 3. The molecule has 1 saturated heterocycles. The molecule has 0 unspecified atom stereocenters. The van der Waals surface area contributed by atoms with Gasteiger partial charge in [0.2, 0.25) is 5.91 Å². The first-order valence-corrected chi connectivity index (χ1v) is 8.19. The molecule has 0 aromatic carbocycles. The highest BCUT2D eigenvalue weighted by Gasteiger charge is 2.41. The third-order valence-corrected chi connectivity index (χ3v) is 4.38. The average Bonchev–Trinajstić information content (AvgIpc) is 2.56. The van der Waals surface area contributed by atoms with Crippen molar-refractivity contribution in [3.63, 3.8) is 0 Å². The van der Waals surface area contributed by atoms with Gasteiger partial charge < -0.3 is 20.3 Å². The number of carbonyl (C=O) groups excluding carboxylic acids is 2. The maximum Gasteiger partial charge on any atom is 0.255 e. The van der Waals surface area contributed by atoms with Gasteiger partial charge in [0, 0.05) is 24.8 Å². The molecule has 0 saturated carbocycles. The van der Waals surface area contributed by atoms with Gasteiger partial charge in [0.25, 0.3) is 5.91 Å². The second kappa shape index (κ2) is 10.9. The molecule has 0 bridgehead atoms. The predicted molar refractivity (Wildman–Crippen MR) is 105 cm³/mol. The van der Waals surface area contributed by atoms with Crippen LogP contribution in [0.3, 0.4) is 0 Å².